The number of nitrogens with one attached hydrogen (secondary N) is 1. The highest BCUT2D eigenvalue weighted by atomic mass is 32.2. The molecule has 25 heavy (non-hydrogen) atoms. The van der Waals surface area contributed by atoms with Crippen LogP contribution >= 0.6 is 0 Å². The van der Waals surface area contributed by atoms with Crippen LogP contribution in [0.1, 0.15) is 11.1 Å². The second-order valence-electron chi connectivity index (χ2n) is 5.42. The Morgan fingerprint density at radius 3 is 2.40 bits per heavy atom. The van der Waals surface area contributed by atoms with Crippen molar-refractivity contribution in [2.24, 2.45) is 0 Å². The van der Waals surface area contributed by atoms with Gasteiger partial charge in [0, 0.05) is 19.0 Å². The number of likely N-dealkylation sites (N-methyl/N-ethyl adjacent to an activating group) is 1. The Labute approximate surface area is 146 Å². The van der Waals surface area contributed by atoms with Gasteiger partial charge in [0.05, 0.1) is 6.54 Å². The monoisotopic (exact) mass is 362 g/mol. The fourth-order valence-electron chi connectivity index (χ4n) is 1.98. The van der Waals surface area contributed by atoms with Crippen molar-refractivity contribution in [1.29, 1.82) is 0 Å². The molecule has 0 bridgehead atoms. The Hall–Kier alpha value is -2.51. The summed E-state index contributed by atoms with van der Waals surface area (Å²) in [7, 11) is -2.36. The van der Waals surface area contributed by atoms with E-state index in [0.29, 0.717) is 0 Å². The molecule has 0 saturated heterocycles. The number of halogens is 1. The van der Waals surface area contributed by atoms with Crippen molar-refractivity contribution in [1.82, 2.24) is 9.62 Å². The van der Waals surface area contributed by atoms with Crippen molar-refractivity contribution in [2.75, 3.05) is 13.6 Å². The molecule has 132 valence electrons. The van der Waals surface area contributed by atoms with Crippen LogP contribution in [-0.2, 0) is 21.4 Å². The van der Waals surface area contributed by atoms with Gasteiger partial charge in [0.1, 0.15) is 5.82 Å². The van der Waals surface area contributed by atoms with E-state index in [1.165, 1.54) is 25.3 Å². The Morgan fingerprint density at radius 2 is 1.76 bits per heavy atom. The second kappa shape index (κ2) is 8.55. The summed E-state index contributed by atoms with van der Waals surface area (Å²) in [5.74, 6) is -0.797. The van der Waals surface area contributed by atoms with Crippen LogP contribution in [0.3, 0.4) is 0 Å². The van der Waals surface area contributed by atoms with Crippen LogP contribution in [-0.4, -0.2) is 32.2 Å². The van der Waals surface area contributed by atoms with E-state index in [4.69, 9.17) is 0 Å². The number of hydrogen-bond acceptors (Lipinski definition) is 3. The molecule has 0 aliphatic heterocycles. The van der Waals surface area contributed by atoms with E-state index >= 15 is 0 Å². The van der Waals surface area contributed by atoms with E-state index in [0.717, 1.165) is 20.8 Å². The molecule has 0 heterocycles. The van der Waals surface area contributed by atoms with Gasteiger partial charge in [0.15, 0.2) is 0 Å². The predicted octanol–water partition coefficient (Wildman–Crippen LogP) is 2.37. The van der Waals surface area contributed by atoms with E-state index in [-0.39, 0.29) is 18.9 Å². The smallest absolute Gasteiger partial charge is 0.236 e. The Balaban J connectivity index is 1.88. The van der Waals surface area contributed by atoms with Gasteiger partial charge in [-0.15, -0.1) is 0 Å². The molecule has 5 nitrogen and oxygen atoms in total. The van der Waals surface area contributed by atoms with Crippen LogP contribution in [0.15, 0.2) is 60.0 Å². The topological polar surface area (TPSA) is 66.5 Å². The Kier molecular flexibility index (Phi) is 6.44. The lowest BCUT2D eigenvalue weighted by Crippen LogP contribution is -2.37. The highest BCUT2D eigenvalue weighted by Crippen LogP contribution is 2.07. The first-order chi connectivity index (χ1) is 11.9. The van der Waals surface area contributed by atoms with Gasteiger partial charge in [-0.1, -0.05) is 42.5 Å². The molecule has 0 unspecified atom stereocenters. The molecule has 0 atom stereocenters. The summed E-state index contributed by atoms with van der Waals surface area (Å²) in [6, 6.07) is 14.7. The summed E-state index contributed by atoms with van der Waals surface area (Å²) in [5.41, 5.74) is 1.48. The fourth-order valence-corrected chi connectivity index (χ4v) is 2.82. The summed E-state index contributed by atoms with van der Waals surface area (Å²) >= 11 is 0. The second-order valence-corrected chi connectivity index (χ2v) is 7.34. The van der Waals surface area contributed by atoms with Gasteiger partial charge >= 0.3 is 0 Å². The van der Waals surface area contributed by atoms with Gasteiger partial charge < -0.3 is 5.32 Å². The summed E-state index contributed by atoms with van der Waals surface area (Å²) in [6.07, 6.45) is 1.47. The van der Waals surface area contributed by atoms with Crippen molar-refractivity contribution >= 4 is 22.0 Å². The van der Waals surface area contributed by atoms with Crippen LogP contribution in [0, 0.1) is 5.82 Å². The van der Waals surface area contributed by atoms with E-state index in [9.17, 15) is 17.6 Å². The predicted molar refractivity (Wildman–Crippen MR) is 95.3 cm³/mol. The van der Waals surface area contributed by atoms with Crippen molar-refractivity contribution in [3.8, 4) is 0 Å². The number of carbonyl (C=O) groups excluding carboxylic acids is 1. The first-order valence-corrected chi connectivity index (χ1v) is 9.08. The van der Waals surface area contributed by atoms with Gasteiger partial charge in [-0.2, -0.15) is 4.31 Å². The minimum Gasteiger partial charge on any atom is -0.351 e. The standard InChI is InChI=1S/C18H19FN2O3S/c1-21(25(23,24)12-11-15-5-3-2-4-6-15)14-18(22)20-13-16-7-9-17(19)10-8-16/h2-12H,13-14H2,1H3,(H,20,22)/b12-11+. The van der Waals surface area contributed by atoms with E-state index in [1.807, 2.05) is 6.07 Å². The van der Waals surface area contributed by atoms with Crippen molar-refractivity contribution in [2.45, 2.75) is 6.54 Å². The highest BCUT2D eigenvalue weighted by molar-refractivity contribution is 7.92. The number of rotatable bonds is 7. The minimum absolute atomic E-state index is 0.201. The average molecular weight is 362 g/mol. The molecule has 7 heteroatoms. The maximum absolute atomic E-state index is 12.8. The lowest BCUT2D eigenvalue weighted by molar-refractivity contribution is -0.121. The summed E-state index contributed by atoms with van der Waals surface area (Å²) in [6.45, 7) is -0.102. The lowest BCUT2D eigenvalue weighted by Gasteiger charge is -2.14. The largest absolute Gasteiger partial charge is 0.351 e. The average Bonchev–Trinajstić information content (AvgIpc) is 2.60. The first kappa shape index (κ1) is 18.8. The molecule has 1 N–H and O–H groups in total. The minimum atomic E-state index is -3.70. The molecular formula is C18H19FN2O3S. The van der Waals surface area contributed by atoms with Gasteiger partial charge in [-0.3, -0.25) is 4.79 Å². The third-order valence-electron chi connectivity index (χ3n) is 3.44. The Bertz CT molecular complexity index is 834. The molecule has 0 aromatic heterocycles. The molecule has 0 saturated carbocycles. The van der Waals surface area contributed by atoms with Gasteiger partial charge in [0.25, 0.3) is 0 Å². The molecule has 0 fully saturated rings. The summed E-state index contributed by atoms with van der Waals surface area (Å²) in [4.78, 5) is 11.9. The SMILES string of the molecule is CN(CC(=O)NCc1ccc(F)cc1)S(=O)(=O)/C=C/c1ccccc1. The van der Waals surface area contributed by atoms with E-state index in [1.54, 1.807) is 36.4 Å². The fraction of sp³-hybridized carbons (Fsp3) is 0.167. The molecule has 2 aromatic rings. The quantitative estimate of drug-likeness (QED) is 0.822. The van der Waals surface area contributed by atoms with Crippen molar-refractivity contribution < 1.29 is 17.6 Å². The van der Waals surface area contributed by atoms with Crippen LogP contribution < -0.4 is 5.32 Å². The third-order valence-corrected chi connectivity index (χ3v) is 4.91. The van der Waals surface area contributed by atoms with Gasteiger partial charge in [0.2, 0.25) is 15.9 Å². The van der Waals surface area contributed by atoms with Crippen molar-refractivity contribution in [3.63, 3.8) is 0 Å². The Morgan fingerprint density at radius 1 is 1.12 bits per heavy atom. The third kappa shape index (κ3) is 6.13. The number of nitrogens with zero attached hydrogens (tertiary/aromatic N) is 1. The number of hydrogen-bond donors (Lipinski definition) is 1. The molecule has 2 rings (SSSR count). The highest BCUT2D eigenvalue weighted by Gasteiger charge is 2.17. The van der Waals surface area contributed by atoms with E-state index < -0.39 is 15.9 Å². The zero-order valence-corrected chi connectivity index (χ0v) is 14.5. The molecule has 0 aliphatic rings. The van der Waals surface area contributed by atoms with Crippen molar-refractivity contribution in [3.05, 3.63) is 76.9 Å². The maximum Gasteiger partial charge on any atom is 0.236 e. The summed E-state index contributed by atoms with van der Waals surface area (Å²) in [5, 5.41) is 3.67. The molecule has 1 amide bonds. The number of amides is 1. The zero-order valence-electron chi connectivity index (χ0n) is 13.7. The van der Waals surface area contributed by atoms with E-state index in [2.05, 4.69) is 5.32 Å². The van der Waals surface area contributed by atoms with Crippen LogP contribution in [0.2, 0.25) is 0 Å². The van der Waals surface area contributed by atoms with Crippen LogP contribution in [0.4, 0.5) is 4.39 Å². The number of sulfonamides is 1. The number of benzene rings is 2. The molecular weight excluding hydrogens is 343 g/mol. The molecule has 0 radical (unpaired) electrons. The maximum atomic E-state index is 12.8. The zero-order chi connectivity index (χ0) is 18.3. The van der Waals surface area contributed by atoms with Gasteiger partial charge in [-0.25, -0.2) is 12.8 Å². The van der Waals surface area contributed by atoms with Gasteiger partial charge in [-0.05, 0) is 29.3 Å². The number of carbonyl (C=O) groups is 1. The molecule has 2 aromatic carbocycles. The molecule has 0 aliphatic carbocycles. The van der Waals surface area contributed by atoms with Crippen LogP contribution in [0.25, 0.3) is 6.08 Å². The summed E-state index contributed by atoms with van der Waals surface area (Å²) < 4.78 is 38.1. The normalized spacial score (nSPS) is 11.8. The lowest BCUT2D eigenvalue weighted by atomic mass is 10.2. The van der Waals surface area contributed by atoms with Crippen LogP contribution in [0.5, 0.6) is 0 Å². The molecule has 0 spiro atoms. The first-order valence-electron chi connectivity index (χ1n) is 7.57.